The third-order valence-corrected chi connectivity index (χ3v) is 7.67. The van der Waals surface area contributed by atoms with E-state index in [1.807, 2.05) is 12.4 Å². The van der Waals surface area contributed by atoms with Crippen molar-refractivity contribution in [2.24, 2.45) is 17.8 Å². The Kier molecular flexibility index (Phi) is 8.71. The molecule has 1 aromatic heterocycles. The van der Waals surface area contributed by atoms with E-state index in [4.69, 9.17) is 9.39 Å². The van der Waals surface area contributed by atoms with Gasteiger partial charge in [0.15, 0.2) is 0 Å². The molecular formula is C25H38N2O2. The van der Waals surface area contributed by atoms with E-state index in [2.05, 4.69) is 30.5 Å². The molecule has 0 unspecified atom stereocenters. The van der Waals surface area contributed by atoms with E-state index in [1.54, 1.807) is 0 Å². The van der Waals surface area contributed by atoms with Crippen molar-refractivity contribution < 1.29 is 9.39 Å². The number of aromatic nitrogens is 2. The van der Waals surface area contributed by atoms with Crippen LogP contribution in [0.15, 0.2) is 12.4 Å². The second-order valence-corrected chi connectivity index (χ2v) is 9.79. The molecule has 0 radical (unpaired) electrons. The summed E-state index contributed by atoms with van der Waals surface area (Å²) in [5.74, 6) is 4.57. The van der Waals surface area contributed by atoms with Crippen LogP contribution in [-0.4, -0.2) is 22.2 Å². The summed E-state index contributed by atoms with van der Waals surface area (Å²) in [6, 6.07) is 0. The number of aryl methyl sites for hydroxylation is 1. The minimum atomic E-state index is 0.476. The Hall–Kier alpha value is -1.22. The van der Waals surface area contributed by atoms with Crippen LogP contribution < -0.4 is 0 Å². The van der Waals surface area contributed by atoms with Crippen molar-refractivity contribution in [1.29, 1.82) is 0 Å². The summed E-state index contributed by atoms with van der Waals surface area (Å²) in [6.45, 7) is 8.98. The normalized spacial score (nSPS) is 35.3. The Bertz CT molecular complexity index is 605. The molecule has 1 aromatic rings. The van der Waals surface area contributed by atoms with Gasteiger partial charge in [0, 0.05) is 18.3 Å². The van der Waals surface area contributed by atoms with Gasteiger partial charge in [0.1, 0.15) is 5.82 Å². The average molecular weight is 399 g/mol. The van der Waals surface area contributed by atoms with E-state index in [-0.39, 0.29) is 0 Å². The Morgan fingerprint density at radius 1 is 0.759 bits per heavy atom. The van der Waals surface area contributed by atoms with Crippen molar-refractivity contribution >= 4 is 0 Å². The van der Waals surface area contributed by atoms with Gasteiger partial charge in [-0.3, -0.25) is 0 Å². The third-order valence-electron chi connectivity index (χ3n) is 7.67. The van der Waals surface area contributed by atoms with Crippen LogP contribution >= 0.6 is 0 Å². The van der Waals surface area contributed by atoms with Crippen LogP contribution in [0, 0.1) is 31.3 Å². The Morgan fingerprint density at radius 2 is 1.21 bits per heavy atom. The summed E-state index contributed by atoms with van der Waals surface area (Å²) in [5.41, 5.74) is 1.15. The molecule has 0 aromatic carbocycles. The van der Waals surface area contributed by atoms with Gasteiger partial charge < -0.3 is 4.74 Å². The molecule has 4 nitrogen and oxygen atoms in total. The van der Waals surface area contributed by atoms with E-state index in [0.717, 1.165) is 29.1 Å². The Labute approximate surface area is 177 Å². The number of nitrogens with zero attached hydrogens (tertiary/aromatic N) is 2. The second kappa shape index (κ2) is 11.2. The van der Waals surface area contributed by atoms with Gasteiger partial charge in [-0.05, 0) is 94.4 Å². The van der Waals surface area contributed by atoms with E-state index >= 15 is 0 Å². The predicted octanol–water partition coefficient (Wildman–Crippen LogP) is 6.18. The standard InChI is InChI=1S/C24H38N2O.CO/c1-17-3-5-19(6-4-17)20-7-11-22(12-8-20)27-23-13-9-21(10-14-23)24-25-15-18(2)16-26-24;1-2/h15-17,19-23H,3-14H2,1-2H3;. The molecule has 0 spiro atoms. The van der Waals surface area contributed by atoms with Crippen LogP contribution in [0.2, 0.25) is 0 Å². The number of hydrogen-bond acceptors (Lipinski definition) is 3. The molecule has 3 aliphatic carbocycles. The maximum atomic E-state index is 7.50. The van der Waals surface area contributed by atoms with Gasteiger partial charge >= 0.3 is 11.3 Å². The van der Waals surface area contributed by atoms with Gasteiger partial charge in [-0.1, -0.05) is 19.8 Å². The molecule has 3 fully saturated rings. The number of rotatable bonds is 4. The third kappa shape index (κ3) is 6.38. The van der Waals surface area contributed by atoms with E-state index in [1.165, 1.54) is 77.0 Å². The molecule has 29 heavy (non-hydrogen) atoms. The molecule has 0 atom stereocenters. The van der Waals surface area contributed by atoms with Crippen molar-refractivity contribution in [1.82, 2.24) is 9.97 Å². The fraction of sp³-hybridized carbons (Fsp3) is 0.800. The summed E-state index contributed by atoms with van der Waals surface area (Å²) in [5, 5.41) is 0. The first-order valence-corrected chi connectivity index (χ1v) is 11.8. The van der Waals surface area contributed by atoms with Gasteiger partial charge in [-0.25, -0.2) is 9.97 Å². The van der Waals surface area contributed by atoms with Crippen molar-refractivity contribution in [2.75, 3.05) is 0 Å². The van der Waals surface area contributed by atoms with Gasteiger partial charge in [0.2, 0.25) is 0 Å². The zero-order valence-corrected chi connectivity index (χ0v) is 18.3. The Morgan fingerprint density at radius 3 is 1.72 bits per heavy atom. The molecule has 0 bridgehead atoms. The van der Waals surface area contributed by atoms with Crippen LogP contribution in [0.3, 0.4) is 0 Å². The van der Waals surface area contributed by atoms with Crippen molar-refractivity contribution in [2.45, 2.75) is 109 Å². The van der Waals surface area contributed by atoms with Crippen LogP contribution in [0.1, 0.15) is 101 Å². The molecule has 0 aliphatic heterocycles. The molecule has 3 aliphatic rings. The average Bonchev–Trinajstić information content (AvgIpc) is 2.78. The molecule has 1 heterocycles. The zero-order chi connectivity index (χ0) is 20.6. The van der Waals surface area contributed by atoms with Crippen LogP contribution in [0.25, 0.3) is 0 Å². The van der Waals surface area contributed by atoms with Crippen molar-refractivity contribution in [3.8, 4) is 0 Å². The van der Waals surface area contributed by atoms with Gasteiger partial charge in [-0.2, -0.15) is 0 Å². The molecule has 0 saturated heterocycles. The minimum absolute atomic E-state index is 0.476. The predicted molar refractivity (Wildman–Crippen MR) is 114 cm³/mol. The molecule has 4 heteroatoms. The van der Waals surface area contributed by atoms with Crippen LogP contribution in [0.5, 0.6) is 0 Å². The van der Waals surface area contributed by atoms with Gasteiger partial charge in [0.05, 0.1) is 12.2 Å². The first-order chi connectivity index (χ1) is 14.2. The first kappa shape index (κ1) is 22.5. The summed E-state index contributed by atoms with van der Waals surface area (Å²) in [7, 11) is 0. The second-order valence-electron chi connectivity index (χ2n) is 9.79. The van der Waals surface area contributed by atoms with E-state index in [9.17, 15) is 0 Å². The molecule has 3 saturated carbocycles. The topological polar surface area (TPSA) is 54.9 Å². The van der Waals surface area contributed by atoms with Crippen LogP contribution in [-0.2, 0) is 9.39 Å². The summed E-state index contributed by atoms with van der Waals surface area (Å²) in [6.07, 6.45) is 21.0. The molecule has 0 N–H and O–H groups in total. The van der Waals surface area contributed by atoms with Crippen molar-refractivity contribution in [3.63, 3.8) is 0 Å². The van der Waals surface area contributed by atoms with E-state index in [0.29, 0.717) is 18.1 Å². The van der Waals surface area contributed by atoms with Gasteiger partial charge in [0.25, 0.3) is 0 Å². The van der Waals surface area contributed by atoms with Gasteiger partial charge in [-0.15, -0.1) is 0 Å². The molecule has 0 amide bonds. The SMILES string of the molecule is Cc1cnc(C2CCC(OC3CCC(C4CCC(C)CC4)CC3)CC2)nc1.[C-]#[O+]. The number of hydrogen-bond donors (Lipinski definition) is 0. The fourth-order valence-corrected chi connectivity index (χ4v) is 5.80. The monoisotopic (exact) mass is 398 g/mol. The summed E-state index contributed by atoms with van der Waals surface area (Å²) < 4.78 is 14.0. The number of ether oxygens (including phenoxy) is 1. The first-order valence-electron chi connectivity index (χ1n) is 11.8. The molecule has 160 valence electrons. The summed E-state index contributed by atoms with van der Waals surface area (Å²) >= 11 is 0. The maximum absolute atomic E-state index is 7.50. The van der Waals surface area contributed by atoms with Crippen LogP contribution in [0.4, 0.5) is 0 Å². The van der Waals surface area contributed by atoms with Crippen molar-refractivity contribution in [3.05, 3.63) is 30.4 Å². The van der Waals surface area contributed by atoms with E-state index < -0.39 is 0 Å². The summed E-state index contributed by atoms with van der Waals surface area (Å²) in [4.78, 5) is 9.10. The fourth-order valence-electron chi connectivity index (χ4n) is 5.80. The molecular weight excluding hydrogens is 360 g/mol. The Balaban J connectivity index is 0.00000117. The quantitative estimate of drug-likeness (QED) is 0.450. The zero-order valence-electron chi connectivity index (χ0n) is 18.3. The molecule has 4 rings (SSSR count).